The molecule has 0 N–H and O–H groups in total. The average molecular weight is 959 g/mol. The SMILES string of the molecule is c1ccc(-c2ccc(-c3nc(-c4ccccc4)nc(-c4ccc5c(c4)oc4ccc(-c6cccc(-c7ccc8oc9ccc(-n%10c%11ccccc%11c%11cc(-c%12ccccc%12)ccc%11%10)cc9c8c7)c6)cc45)n3)cc2)cc1. The molecule has 0 amide bonds. The van der Waals surface area contributed by atoms with Gasteiger partial charge in [0, 0.05) is 54.7 Å². The van der Waals surface area contributed by atoms with Gasteiger partial charge in [-0.2, -0.15) is 0 Å². The van der Waals surface area contributed by atoms with Crippen molar-refractivity contribution in [1.82, 2.24) is 19.5 Å². The van der Waals surface area contributed by atoms with Crippen molar-refractivity contribution in [3.63, 3.8) is 0 Å². The molecule has 0 saturated carbocycles. The maximum absolute atomic E-state index is 6.57. The van der Waals surface area contributed by atoms with Crippen LogP contribution in [0.2, 0.25) is 0 Å². The Bertz CT molecular complexity index is 4690. The van der Waals surface area contributed by atoms with E-state index in [4.69, 9.17) is 23.8 Å². The standard InChI is InChI=1S/C69H42N4O2/c1-4-13-43(14-5-1)45-23-25-47(26-24-45)68-70-67(46-17-8-3-9-18-46)71-69(72-68)53-27-32-56-58-39-51(29-34-63(58)75-66(56)41-53)48-19-12-20-49(37-48)52-30-35-64-59(40-52)60-42-54(31-36-65(60)74-64)73-61-22-11-10-21-55(61)57-38-50(28-33-62(57)73)44-15-6-2-7-16-44/h1-42H. The van der Waals surface area contributed by atoms with Crippen LogP contribution in [0.4, 0.5) is 0 Å². The Balaban J connectivity index is 0.762. The minimum absolute atomic E-state index is 0.578. The van der Waals surface area contributed by atoms with Crippen LogP contribution in [0.3, 0.4) is 0 Å². The molecular weight excluding hydrogens is 917 g/mol. The van der Waals surface area contributed by atoms with Gasteiger partial charge in [-0.15, -0.1) is 0 Å². The summed E-state index contributed by atoms with van der Waals surface area (Å²) in [6, 6.07) is 89.5. The average Bonchev–Trinajstić information content (AvgIpc) is 4.19. The number of furan rings is 2. The van der Waals surface area contributed by atoms with Gasteiger partial charge in [0.05, 0.1) is 11.0 Å². The first kappa shape index (κ1) is 42.5. The zero-order valence-corrected chi connectivity index (χ0v) is 40.4. The Morgan fingerprint density at radius 1 is 0.227 bits per heavy atom. The summed E-state index contributed by atoms with van der Waals surface area (Å²) in [5.41, 5.74) is 18.6. The predicted molar refractivity (Wildman–Crippen MR) is 307 cm³/mol. The summed E-state index contributed by atoms with van der Waals surface area (Å²) < 4.78 is 15.4. The van der Waals surface area contributed by atoms with E-state index in [0.29, 0.717) is 17.5 Å². The number of hydrogen-bond donors (Lipinski definition) is 0. The van der Waals surface area contributed by atoms with E-state index in [9.17, 15) is 0 Å². The summed E-state index contributed by atoms with van der Waals surface area (Å²) in [7, 11) is 0. The predicted octanol–water partition coefficient (Wildman–Crippen LogP) is 18.4. The van der Waals surface area contributed by atoms with Crippen LogP contribution in [0.25, 0.3) is 150 Å². The summed E-state index contributed by atoms with van der Waals surface area (Å²) >= 11 is 0. The molecule has 15 aromatic rings. The van der Waals surface area contributed by atoms with Crippen LogP contribution in [-0.4, -0.2) is 19.5 Å². The van der Waals surface area contributed by atoms with Crippen LogP contribution in [0.5, 0.6) is 0 Å². The molecule has 6 nitrogen and oxygen atoms in total. The topological polar surface area (TPSA) is 69.9 Å². The molecule has 4 aromatic heterocycles. The summed E-state index contributed by atoms with van der Waals surface area (Å²) in [5.74, 6) is 1.80. The number of benzene rings is 11. The number of para-hydroxylation sites is 1. The molecule has 0 bridgehead atoms. The molecular formula is C69H42N4O2. The van der Waals surface area contributed by atoms with Gasteiger partial charge in [-0.25, -0.2) is 15.0 Å². The van der Waals surface area contributed by atoms with Gasteiger partial charge in [0.25, 0.3) is 0 Å². The lowest BCUT2D eigenvalue weighted by molar-refractivity contribution is 0.668. The minimum atomic E-state index is 0.578. The summed E-state index contributed by atoms with van der Waals surface area (Å²) in [4.78, 5) is 15.0. The molecule has 15 rings (SSSR count). The fourth-order valence-corrected chi connectivity index (χ4v) is 10.9. The summed E-state index contributed by atoms with van der Waals surface area (Å²) in [6.07, 6.45) is 0. The van der Waals surface area contributed by atoms with E-state index in [-0.39, 0.29) is 0 Å². The molecule has 0 aliphatic rings. The minimum Gasteiger partial charge on any atom is -0.456 e. The highest BCUT2D eigenvalue weighted by Gasteiger charge is 2.19. The molecule has 0 aliphatic carbocycles. The summed E-state index contributed by atoms with van der Waals surface area (Å²) in [6.45, 7) is 0. The van der Waals surface area contributed by atoms with E-state index in [1.54, 1.807) is 0 Å². The third kappa shape index (κ3) is 7.38. The molecule has 0 unspecified atom stereocenters. The number of nitrogens with zero attached hydrogens (tertiary/aromatic N) is 4. The molecule has 6 heteroatoms. The Morgan fingerprint density at radius 2 is 0.640 bits per heavy atom. The highest BCUT2D eigenvalue weighted by molar-refractivity contribution is 6.12. The lowest BCUT2D eigenvalue weighted by atomic mass is 9.97. The van der Waals surface area contributed by atoms with Gasteiger partial charge < -0.3 is 13.4 Å². The zero-order valence-electron chi connectivity index (χ0n) is 40.4. The highest BCUT2D eigenvalue weighted by atomic mass is 16.3. The molecule has 350 valence electrons. The van der Waals surface area contributed by atoms with Crippen LogP contribution < -0.4 is 0 Å². The number of hydrogen-bond acceptors (Lipinski definition) is 5. The van der Waals surface area contributed by atoms with Gasteiger partial charge in [-0.1, -0.05) is 176 Å². The summed E-state index contributed by atoms with van der Waals surface area (Å²) in [5, 5.41) is 6.68. The zero-order chi connectivity index (χ0) is 49.4. The molecule has 0 saturated heterocycles. The smallest absolute Gasteiger partial charge is 0.164 e. The van der Waals surface area contributed by atoms with Crippen molar-refractivity contribution in [3.8, 4) is 84.4 Å². The maximum Gasteiger partial charge on any atom is 0.164 e. The van der Waals surface area contributed by atoms with Crippen molar-refractivity contribution in [1.29, 1.82) is 0 Å². The van der Waals surface area contributed by atoms with Crippen molar-refractivity contribution in [3.05, 3.63) is 255 Å². The Hall–Kier alpha value is -10.2. The van der Waals surface area contributed by atoms with Crippen molar-refractivity contribution in [2.75, 3.05) is 0 Å². The van der Waals surface area contributed by atoms with Gasteiger partial charge in [-0.3, -0.25) is 0 Å². The van der Waals surface area contributed by atoms with Crippen LogP contribution >= 0.6 is 0 Å². The lowest BCUT2D eigenvalue weighted by Gasteiger charge is -2.09. The fraction of sp³-hybridized carbons (Fsp3) is 0. The Morgan fingerprint density at radius 3 is 1.32 bits per heavy atom. The Kier molecular flexibility index (Phi) is 9.78. The first-order valence-corrected chi connectivity index (χ1v) is 25.2. The molecule has 4 heterocycles. The van der Waals surface area contributed by atoms with Crippen molar-refractivity contribution in [2.24, 2.45) is 0 Å². The third-order valence-electron chi connectivity index (χ3n) is 14.7. The highest BCUT2D eigenvalue weighted by Crippen LogP contribution is 2.40. The molecule has 0 atom stereocenters. The third-order valence-corrected chi connectivity index (χ3v) is 14.7. The van der Waals surface area contributed by atoms with Crippen LogP contribution in [0.15, 0.2) is 264 Å². The van der Waals surface area contributed by atoms with Crippen LogP contribution in [-0.2, 0) is 0 Å². The van der Waals surface area contributed by atoms with E-state index in [1.807, 2.05) is 42.5 Å². The number of aromatic nitrogens is 4. The largest absolute Gasteiger partial charge is 0.456 e. The fourth-order valence-electron chi connectivity index (χ4n) is 10.9. The van der Waals surface area contributed by atoms with E-state index in [2.05, 4.69) is 217 Å². The molecule has 11 aromatic carbocycles. The van der Waals surface area contributed by atoms with E-state index < -0.39 is 0 Å². The second kappa shape index (κ2) is 17.3. The monoisotopic (exact) mass is 958 g/mol. The van der Waals surface area contributed by atoms with Crippen LogP contribution in [0.1, 0.15) is 0 Å². The maximum atomic E-state index is 6.57. The quantitative estimate of drug-likeness (QED) is 0.152. The van der Waals surface area contributed by atoms with E-state index in [0.717, 1.165) is 99.6 Å². The first-order chi connectivity index (χ1) is 37.1. The molecule has 0 aliphatic heterocycles. The van der Waals surface area contributed by atoms with Crippen LogP contribution in [0, 0.1) is 0 Å². The van der Waals surface area contributed by atoms with Gasteiger partial charge >= 0.3 is 0 Å². The molecule has 75 heavy (non-hydrogen) atoms. The Labute approximate surface area is 431 Å². The van der Waals surface area contributed by atoms with E-state index in [1.165, 1.54) is 32.9 Å². The van der Waals surface area contributed by atoms with Crippen molar-refractivity contribution >= 4 is 65.7 Å². The van der Waals surface area contributed by atoms with Crippen molar-refractivity contribution < 1.29 is 8.83 Å². The van der Waals surface area contributed by atoms with Gasteiger partial charge in [0.15, 0.2) is 17.5 Å². The number of fused-ring (bicyclic) bond motifs is 9. The molecule has 0 spiro atoms. The second-order valence-corrected chi connectivity index (χ2v) is 19.2. The number of rotatable bonds is 8. The second-order valence-electron chi connectivity index (χ2n) is 19.2. The van der Waals surface area contributed by atoms with E-state index >= 15 is 0 Å². The first-order valence-electron chi connectivity index (χ1n) is 25.2. The molecule has 0 radical (unpaired) electrons. The normalized spacial score (nSPS) is 11.7. The van der Waals surface area contributed by atoms with Gasteiger partial charge in [0.1, 0.15) is 22.3 Å². The lowest BCUT2D eigenvalue weighted by Crippen LogP contribution is -2.00. The molecule has 0 fully saturated rings. The van der Waals surface area contributed by atoms with Gasteiger partial charge in [-0.05, 0) is 123 Å². The van der Waals surface area contributed by atoms with Crippen molar-refractivity contribution in [2.45, 2.75) is 0 Å². The van der Waals surface area contributed by atoms with Gasteiger partial charge in [0.2, 0.25) is 0 Å².